The Hall–Kier alpha value is -2.06. The quantitative estimate of drug-likeness (QED) is 0.850. The summed E-state index contributed by atoms with van der Waals surface area (Å²) in [5.41, 5.74) is 0.474. The van der Waals surface area contributed by atoms with Gasteiger partial charge in [-0.05, 0) is 32.1 Å². The molecule has 4 rings (SSSR count). The van der Waals surface area contributed by atoms with Crippen molar-refractivity contribution in [1.29, 1.82) is 0 Å². The number of nitrogens with one attached hydrogen (secondary N) is 1. The fourth-order valence-electron chi connectivity index (χ4n) is 4.34. The number of hydrogen-bond donors (Lipinski definition) is 1. The average molecular weight is 403 g/mol. The Morgan fingerprint density at radius 1 is 1.29 bits per heavy atom. The lowest BCUT2D eigenvalue weighted by Gasteiger charge is -2.36. The van der Waals surface area contributed by atoms with Crippen molar-refractivity contribution in [3.8, 4) is 10.7 Å². The Morgan fingerprint density at radius 3 is 2.82 bits per heavy atom. The summed E-state index contributed by atoms with van der Waals surface area (Å²) in [6.45, 7) is 1.42. The van der Waals surface area contributed by atoms with Crippen molar-refractivity contribution in [3.63, 3.8) is 0 Å². The molecule has 7 nitrogen and oxygen atoms in total. The highest BCUT2D eigenvalue weighted by molar-refractivity contribution is 7.13. The molecule has 2 aromatic rings. The minimum absolute atomic E-state index is 0.0846. The molecule has 0 spiro atoms. The van der Waals surface area contributed by atoms with Crippen molar-refractivity contribution in [2.45, 2.75) is 50.5 Å². The van der Waals surface area contributed by atoms with E-state index < -0.39 is 0 Å². The van der Waals surface area contributed by atoms with Crippen LogP contribution in [-0.4, -0.2) is 52.1 Å². The number of ether oxygens (including phenoxy) is 1. The molecular formula is C20H26N4O3S. The molecule has 28 heavy (non-hydrogen) atoms. The van der Waals surface area contributed by atoms with E-state index in [0.717, 1.165) is 43.5 Å². The third-order valence-corrected chi connectivity index (χ3v) is 6.71. The van der Waals surface area contributed by atoms with E-state index in [4.69, 9.17) is 4.74 Å². The molecule has 2 aliphatic rings. The van der Waals surface area contributed by atoms with Crippen LogP contribution in [0.1, 0.15) is 50.3 Å². The second kappa shape index (κ2) is 8.53. The number of nitrogens with zero attached hydrogens (tertiary/aromatic N) is 3. The second-order valence-electron chi connectivity index (χ2n) is 7.67. The second-order valence-corrected chi connectivity index (χ2v) is 8.57. The van der Waals surface area contributed by atoms with Gasteiger partial charge in [-0.15, -0.1) is 11.3 Å². The number of thiazole rings is 1. The molecule has 2 atom stereocenters. The highest BCUT2D eigenvalue weighted by Crippen LogP contribution is 2.31. The molecule has 2 aromatic heterocycles. The largest absolute Gasteiger partial charge is 0.381 e. The number of aromatic nitrogens is 3. The van der Waals surface area contributed by atoms with Crippen molar-refractivity contribution in [2.24, 2.45) is 5.92 Å². The molecule has 150 valence electrons. The Bertz CT molecular complexity index is 859. The van der Waals surface area contributed by atoms with E-state index >= 15 is 0 Å². The van der Waals surface area contributed by atoms with Gasteiger partial charge in [0.15, 0.2) is 0 Å². The van der Waals surface area contributed by atoms with Gasteiger partial charge in [0, 0.05) is 49.7 Å². The van der Waals surface area contributed by atoms with Crippen LogP contribution in [0.15, 0.2) is 22.4 Å². The van der Waals surface area contributed by atoms with Crippen LogP contribution in [0.25, 0.3) is 10.7 Å². The van der Waals surface area contributed by atoms with Gasteiger partial charge in [0.05, 0.1) is 6.10 Å². The van der Waals surface area contributed by atoms with Crippen LogP contribution in [0.3, 0.4) is 0 Å². The lowest BCUT2D eigenvalue weighted by molar-refractivity contribution is -0.139. The van der Waals surface area contributed by atoms with Gasteiger partial charge in [-0.2, -0.15) is 0 Å². The Kier molecular flexibility index (Phi) is 5.87. The third kappa shape index (κ3) is 4.17. The van der Waals surface area contributed by atoms with E-state index in [1.54, 1.807) is 13.3 Å². The van der Waals surface area contributed by atoms with Crippen LogP contribution in [0.4, 0.5) is 0 Å². The van der Waals surface area contributed by atoms with Gasteiger partial charge < -0.3 is 14.6 Å². The summed E-state index contributed by atoms with van der Waals surface area (Å²) in [6.07, 6.45) is 7.46. The summed E-state index contributed by atoms with van der Waals surface area (Å²) >= 11 is 1.47. The van der Waals surface area contributed by atoms with E-state index in [0.29, 0.717) is 24.6 Å². The molecule has 3 heterocycles. The summed E-state index contributed by atoms with van der Waals surface area (Å²) in [5, 5.41) is 2.63. The minimum Gasteiger partial charge on any atom is -0.381 e. The predicted octanol–water partition coefficient (Wildman–Crippen LogP) is 2.80. The van der Waals surface area contributed by atoms with Crippen molar-refractivity contribution in [2.75, 3.05) is 20.2 Å². The number of aromatic amines is 1. The monoisotopic (exact) mass is 402 g/mol. The number of hydrogen-bond acceptors (Lipinski definition) is 6. The first-order valence-corrected chi connectivity index (χ1v) is 10.8. The van der Waals surface area contributed by atoms with Crippen molar-refractivity contribution >= 4 is 17.2 Å². The predicted molar refractivity (Wildman–Crippen MR) is 107 cm³/mol. The molecule has 1 amide bonds. The molecule has 2 fully saturated rings. The van der Waals surface area contributed by atoms with E-state index in [1.807, 2.05) is 10.3 Å². The van der Waals surface area contributed by atoms with Gasteiger partial charge in [0.1, 0.15) is 16.5 Å². The molecule has 0 radical (unpaired) electrons. The summed E-state index contributed by atoms with van der Waals surface area (Å²) in [5.74, 6) is 1.22. The average Bonchev–Trinajstić information content (AvgIpc) is 3.28. The summed E-state index contributed by atoms with van der Waals surface area (Å²) in [6, 6.07) is 1.50. The zero-order valence-electron chi connectivity index (χ0n) is 16.1. The van der Waals surface area contributed by atoms with Crippen LogP contribution in [-0.2, 0) is 9.53 Å². The third-order valence-electron chi connectivity index (χ3n) is 5.91. The zero-order valence-corrected chi connectivity index (χ0v) is 16.9. The SMILES string of the molecule is CO[C@H]1CCC[C@H](C(=O)N2CCC(c3nc(-c4nccs4)cc(=O)[nH]3)CC2)C1. The van der Waals surface area contributed by atoms with Gasteiger partial charge in [-0.25, -0.2) is 9.97 Å². The topological polar surface area (TPSA) is 88.2 Å². The smallest absolute Gasteiger partial charge is 0.251 e. The maximum Gasteiger partial charge on any atom is 0.251 e. The molecule has 1 aliphatic carbocycles. The molecular weight excluding hydrogens is 376 g/mol. The fraction of sp³-hybridized carbons (Fsp3) is 0.600. The zero-order chi connectivity index (χ0) is 19.5. The Balaban J connectivity index is 1.40. The van der Waals surface area contributed by atoms with E-state index in [1.165, 1.54) is 17.4 Å². The first kappa shape index (κ1) is 19.3. The summed E-state index contributed by atoms with van der Waals surface area (Å²) in [7, 11) is 1.73. The number of carbonyl (C=O) groups excluding carboxylic acids is 1. The molecule has 1 saturated heterocycles. The maximum atomic E-state index is 12.9. The number of carbonyl (C=O) groups is 1. The van der Waals surface area contributed by atoms with Gasteiger partial charge in [0.25, 0.3) is 5.56 Å². The van der Waals surface area contributed by atoms with Crippen LogP contribution < -0.4 is 5.56 Å². The number of rotatable bonds is 4. The Morgan fingerprint density at radius 2 is 2.11 bits per heavy atom. The maximum absolute atomic E-state index is 12.9. The van der Waals surface area contributed by atoms with Gasteiger partial charge in [-0.1, -0.05) is 6.42 Å². The molecule has 0 unspecified atom stereocenters. The number of amides is 1. The highest BCUT2D eigenvalue weighted by Gasteiger charge is 2.33. The van der Waals surface area contributed by atoms with Gasteiger partial charge in [-0.3, -0.25) is 9.59 Å². The number of methoxy groups -OCH3 is 1. The van der Waals surface area contributed by atoms with Crippen molar-refractivity contribution < 1.29 is 9.53 Å². The highest BCUT2D eigenvalue weighted by atomic mass is 32.1. The number of piperidine rings is 1. The lowest BCUT2D eigenvalue weighted by Crippen LogP contribution is -2.43. The van der Waals surface area contributed by atoms with Gasteiger partial charge >= 0.3 is 0 Å². The summed E-state index contributed by atoms with van der Waals surface area (Å²) in [4.78, 5) is 38.8. The minimum atomic E-state index is -0.151. The lowest BCUT2D eigenvalue weighted by atomic mass is 9.85. The molecule has 1 saturated carbocycles. The van der Waals surface area contributed by atoms with Crippen LogP contribution in [0.5, 0.6) is 0 Å². The number of likely N-dealkylation sites (tertiary alicyclic amines) is 1. The van der Waals surface area contributed by atoms with Crippen LogP contribution in [0, 0.1) is 5.92 Å². The summed E-state index contributed by atoms with van der Waals surface area (Å²) < 4.78 is 5.47. The van der Waals surface area contributed by atoms with Gasteiger partial charge in [0.2, 0.25) is 5.91 Å². The standard InChI is InChI=1S/C20H26N4O3S/c1-27-15-4-2-3-14(11-15)20(26)24-8-5-13(6-9-24)18-22-16(12-17(25)23-18)19-21-7-10-28-19/h7,10,12-15H,2-6,8-9,11H2,1H3,(H,22,23,25)/t14-,15-/m0/s1. The number of H-pyrrole nitrogens is 1. The first-order chi connectivity index (χ1) is 13.6. The normalized spacial score (nSPS) is 23.7. The molecule has 8 heteroatoms. The van der Waals surface area contributed by atoms with Crippen molar-refractivity contribution in [3.05, 3.63) is 33.8 Å². The molecule has 1 N–H and O–H groups in total. The Labute approximate surface area is 168 Å². The first-order valence-electron chi connectivity index (χ1n) is 9.96. The van der Waals surface area contributed by atoms with E-state index in [2.05, 4.69) is 15.0 Å². The van der Waals surface area contributed by atoms with Crippen molar-refractivity contribution in [1.82, 2.24) is 19.9 Å². The van der Waals surface area contributed by atoms with E-state index in [-0.39, 0.29) is 29.4 Å². The molecule has 0 aromatic carbocycles. The fourth-order valence-corrected chi connectivity index (χ4v) is 4.94. The van der Waals surface area contributed by atoms with Crippen LogP contribution in [0.2, 0.25) is 0 Å². The molecule has 0 bridgehead atoms. The molecule has 1 aliphatic heterocycles. The van der Waals surface area contributed by atoms with E-state index in [9.17, 15) is 9.59 Å². The van der Waals surface area contributed by atoms with Crippen LogP contribution >= 0.6 is 11.3 Å².